The van der Waals surface area contributed by atoms with Crippen molar-refractivity contribution in [1.82, 2.24) is 0 Å². The lowest BCUT2D eigenvalue weighted by molar-refractivity contribution is -0.156. The maximum atomic E-state index is 10.9. The predicted octanol–water partition coefficient (Wildman–Crippen LogP) is 2.92. The summed E-state index contributed by atoms with van der Waals surface area (Å²) in [5, 5.41) is 18.7. The van der Waals surface area contributed by atoms with Gasteiger partial charge < -0.3 is 10.2 Å². The lowest BCUT2D eigenvalue weighted by Crippen LogP contribution is -2.43. The monoisotopic (exact) mass is 242 g/mol. The smallest absolute Gasteiger partial charge is 0.333 e. The molecule has 0 saturated heterocycles. The van der Waals surface area contributed by atoms with Crippen molar-refractivity contribution in [2.75, 3.05) is 0 Å². The van der Waals surface area contributed by atoms with Crippen molar-refractivity contribution in [2.45, 2.75) is 59.5 Å². The van der Waals surface area contributed by atoms with Crippen LogP contribution in [-0.2, 0) is 4.79 Å². The molecule has 1 aliphatic carbocycles. The molecule has 0 amide bonds. The lowest BCUT2D eigenvalue weighted by atomic mass is 9.65. The van der Waals surface area contributed by atoms with Crippen LogP contribution < -0.4 is 0 Å². The molecule has 100 valence electrons. The van der Waals surface area contributed by atoms with E-state index in [4.69, 9.17) is 5.11 Å². The molecule has 1 fully saturated rings. The van der Waals surface area contributed by atoms with Gasteiger partial charge in [-0.15, -0.1) is 0 Å². The topological polar surface area (TPSA) is 57.5 Å². The van der Waals surface area contributed by atoms with Gasteiger partial charge in [-0.25, -0.2) is 4.79 Å². The number of hydrogen-bond donors (Lipinski definition) is 2. The van der Waals surface area contributed by atoms with Crippen LogP contribution in [0.1, 0.15) is 53.4 Å². The summed E-state index contributed by atoms with van der Waals surface area (Å²) in [5.74, 6) is 0.706. The molecule has 1 unspecified atom stereocenters. The Hall–Kier alpha value is -0.570. The van der Waals surface area contributed by atoms with Crippen LogP contribution in [0, 0.1) is 23.2 Å². The van der Waals surface area contributed by atoms with Crippen molar-refractivity contribution >= 4 is 5.97 Å². The summed E-state index contributed by atoms with van der Waals surface area (Å²) < 4.78 is 0. The third-order valence-corrected chi connectivity index (χ3v) is 4.71. The van der Waals surface area contributed by atoms with E-state index in [0.717, 1.165) is 31.6 Å². The minimum absolute atomic E-state index is 0.323. The summed E-state index contributed by atoms with van der Waals surface area (Å²) in [6, 6.07) is 0. The molecule has 1 atom stereocenters. The number of aliphatic carboxylic acids is 1. The Balaban J connectivity index is 2.61. The Labute approximate surface area is 104 Å². The first kappa shape index (κ1) is 14.5. The number of carboxylic acids is 1. The number of rotatable bonds is 4. The molecule has 1 saturated carbocycles. The molecular formula is C14H26O3. The molecular weight excluding hydrogens is 216 g/mol. The third-order valence-electron chi connectivity index (χ3n) is 4.71. The van der Waals surface area contributed by atoms with Gasteiger partial charge in [-0.05, 0) is 43.4 Å². The molecule has 0 heterocycles. The summed E-state index contributed by atoms with van der Waals surface area (Å²) in [5.41, 5.74) is -0.520. The van der Waals surface area contributed by atoms with E-state index >= 15 is 0 Å². The Morgan fingerprint density at radius 3 is 2.00 bits per heavy atom. The zero-order chi connectivity index (χ0) is 13.2. The first-order valence-electron chi connectivity index (χ1n) is 6.67. The Morgan fingerprint density at radius 1 is 1.18 bits per heavy atom. The van der Waals surface area contributed by atoms with Crippen LogP contribution in [-0.4, -0.2) is 22.3 Å². The molecule has 0 radical (unpaired) electrons. The minimum Gasteiger partial charge on any atom is -0.479 e. The molecule has 0 spiro atoms. The average molecular weight is 242 g/mol. The zero-order valence-corrected chi connectivity index (χ0v) is 11.4. The largest absolute Gasteiger partial charge is 0.479 e. The summed E-state index contributed by atoms with van der Waals surface area (Å²) in [4.78, 5) is 10.9. The second-order valence-corrected chi connectivity index (χ2v) is 6.42. The molecule has 0 aliphatic heterocycles. The number of aliphatic hydroxyl groups excluding tert-OH is 1. The Morgan fingerprint density at radius 2 is 1.65 bits per heavy atom. The van der Waals surface area contributed by atoms with Gasteiger partial charge in [0.1, 0.15) is 0 Å². The van der Waals surface area contributed by atoms with Crippen molar-refractivity contribution in [2.24, 2.45) is 23.2 Å². The Bertz CT molecular complexity index is 263. The highest BCUT2D eigenvalue weighted by Gasteiger charge is 2.41. The van der Waals surface area contributed by atoms with Gasteiger partial charge in [0.15, 0.2) is 6.10 Å². The fourth-order valence-corrected chi connectivity index (χ4v) is 3.07. The maximum absolute atomic E-state index is 10.9. The fraction of sp³-hybridized carbons (Fsp3) is 0.929. The quantitative estimate of drug-likeness (QED) is 0.797. The molecule has 0 aromatic carbocycles. The van der Waals surface area contributed by atoms with Crippen LogP contribution in [0.2, 0.25) is 0 Å². The maximum Gasteiger partial charge on any atom is 0.333 e. The standard InChI is InChI=1S/C14H26O3/c1-9(2)10-5-7-11(8-6-10)14(3,4)12(15)13(16)17/h9-12,15H,5-8H2,1-4H3,(H,16,17). The molecule has 3 nitrogen and oxygen atoms in total. The van der Waals surface area contributed by atoms with Crippen LogP contribution in [0.4, 0.5) is 0 Å². The lowest BCUT2D eigenvalue weighted by Gasteiger charge is -2.41. The molecule has 1 aliphatic rings. The molecule has 17 heavy (non-hydrogen) atoms. The second kappa shape index (κ2) is 5.38. The van der Waals surface area contributed by atoms with Crippen molar-refractivity contribution in [1.29, 1.82) is 0 Å². The third kappa shape index (κ3) is 3.21. The van der Waals surface area contributed by atoms with E-state index in [0.29, 0.717) is 11.8 Å². The van der Waals surface area contributed by atoms with Gasteiger partial charge in [-0.2, -0.15) is 0 Å². The molecule has 3 heteroatoms. The van der Waals surface area contributed by atoms with Crippen molar-refractivity contribution in [3.05, 3.63) is 0 Å². The summed E-state index contributed by atoms with van der Waals surface area (Å²) in [7, 11) is 0. The molecule has 2 N–H and O–H groups in total. The first-order chi connectivity index (χ1) is 7.76. The van der Waals surface area contributed by atoms with Crippen LogP contribution in [0.3, 0.4) is 0 Å². The molecule has 0 aromatic rings. The van der Waals surface area contributed by atoms with E-state index in [9.17, 15) is 9.90 Å². The highest BCUT2D eigenvalue weighted by Crippen LogP contribution is 2.43. The van der Waals surface area contributed by atoms with Crippen molar-refractivity contribution < 1.29 is 15.0 Å². The average Bonchev–Trinajstić information content (AvgIpc) is 2.27. The highest BCUT2D eigenvalue weighted by molar-refractivity contribution is 5.73. The van der Waals surface area contributed by atoms with E-state index in [1.807, 2.05) is 13.8 Å². The summed E-state index contributed by atoms with van der Waals surface area (Å²) in [6.45, 7) is 8.27. The summed E-state index contributed by atoms with van der Waals surface area (Å²) >= 11 is 0. The number of aliphatic hydroxyl groups is 1. The van der Waals surface area contributed by atoms with Gasteiger partial charge >= 0.3 is 5.97 Å². The number of carbonyl (C=O) groups is 1. The van der Waals surface area contributed by atoms with Crippen LogP contribution in [0.5, 0.6) is 0 Å². The van der Waals surface area contributed by atoms with E-state index in [1.165, 1.54) is 0 Å². The fourth-order valence-electron chi connectivity index (χ4n) is 3.07. The van der Waals surface area contributed by atoms with Crippen molar-refractivity contribution in [3.8, 4) is 0 Å². The highest BCUT2D eigenvalue weighted by atomic mass is 16.4. The number of hydrogen-bond acceptors (Lipinski definition) is 2. The Kier molecular flexibility index (Phi) is 4.59. The van der Waals surface area contributed by atoms with E-state index in [1.54, 1.807) is 0 Å². The van der Waals surface area contributed by atoms with Gasteiger partial charge in [0.05, 0.1) is 0 Å². The van der Waals surface area contributed by atoms with Crippen molar-refractivity contribution in [3.63, 3.8) is 0 Å². The van der Waals surface area contributed by atoms with Crippen LogP contribution >= 0.6 is 0 Å². The second-order valence-electron chi connectivity index (χ2n) is 6.42. The molecule has 1 rings (SSSR count). The van der Waals surface area contributed by atoms with Gasteiger partial charge in [0, 0.05) is 5.41 Å². The zero-order valence-electron chi connectivity index (χ0n) is 11.4. The van der Waals surface area contributed by atoms with Gasteiger partial charge in [0.2, 0.25) is 0 Å². The number of carboxylic acid groups (broad SMARTS) is 1. The van der Waals surface area contributed by atoms with E-state index in [2.05, 4.69) is 13.8 Å². The van der Waals surface area contributed by atoms with E-state index < -0.39 is 17.5 Å². The minimum atomic E-state index is -1.25. The van der Waals surface area contributed by atoms with Gasteiger partial charge in [-0.1, -0.05) is 27.7 Å². The van der Waals surface area contributed by atoms with Crippen LogP contribution in [0.15, 0.2) is 0 Å². The molecule has 0 aromatic heterocycles. The molecule has 0 bridgehead atoms. The van der Waals surface area contributed by atoms with Crippen LogP contribution in [0.25, 0.3) is 0 Å². The first-order valence-corrected chi connectivity index (χ1v) is 6.67. The summed E-state index contributed by atoms with van der Waals surface area (Å²) in [6.07, 6.45) is 3.17. The normalized spacial score (nSPS) is 28.1. The van der Waals surface area contributed by atoms with Gasteiger partial charge in [0.25, 0.3) is 0 Å². The SMILES string of the molecule is CC(C)C1CCC(C(C)(C)C(O)C(=O)O)CC1. The van der Waals surface area contributed by atoms with Gasteiger partial charge in [-0.3, -0.25) is 0 Å². The predicted molar refractivity (Wildman–Crippen MR) is 67.7 cm³/mol. The van der Waals surface area contributed by atoms with E-state index in [-0.39, 0.29) is 0 Å².